The molecule has 1 fully saturated rings. The third kappa shape index (κ3) is 2.95. The van der Waals surface area contributed by atoms with Crippen molar-refractivity contribution in [1.29, 1.82) is 0 Å². The lowest BCUT2D eigenvalue weighted by Gasteiger charge is -2.30. The SMILES string of the molecule is CCn1cc(S(=O)(=O)N2CCCC(CCl)C2)nc1C. The maximum atomic E-state index is 12.5. The molecule has 2 heterocycles. The maximum Gasteiger partial charge on any atom is 0.262 e. The molecular weight excluding hydrogens is 286 g/mol. The predicted octanol–water partition coefficient (Wildman–Crippen LogP) is 1.85. The van der Waals surface area contributed by atoms with Gasteiger partial charge in [-0.3, -0.25) is 0 Å². The van der Waals surface area contributed by atoms with Crippen LogP contribution in [0, 0.1) is 12.8 Å². The van der Waals surface area contributed by atoms with Crippen LogP contribution in [-0.2, 0) is 16.6 Å². The van der Waals surface area contributed by atoms with Crippen LogP contribution in [0.5, 0.6) is 0 Å². The van der Waals surface area contributed by atoms with Crippen LogP contribution in [0.3, 0.4) is 0 Å². The first kappa shape index (κ1) is 14.8. The molecule has 5 nitrogen and oxygen atoms in total. The molecule has 0 aromatic carbocycles. The monoisotopic (exact) mass is 305 g/mol. The Morgan fingerprint density at radius 1 is 1.53 bits per heavy atom. The number of imidazole rings is 1. The Bertz CT molecular complexity index is 541. The molecule has 0 N–H and O–H groups in total. The summed E-state index contributed by atoms with van der Waals surface area (Å²) in [7, 11) is -3.47. The summed E-state index contributed by atoms with van der Waals surface area (Å²) in [6.45, 7) is 5.58. The van der Waals surface area contributed by atoms with E-state index in [-0.39, 0.29) is 10.9 Å². The van der Waals surface area contributed by atoms with E-state index in [2.05, 4.69) is 4.98 Å². The number of piperidine rings is 1. The average molecular weight is 306 g/mol. The highest BCUT2D eigenvalue weighted by Gasteiger charge is 2.31. The fourth-order valence-corrected chi connectivity index (χ4v) is 4.23. The summed E-state index contributed by atoms with van der Waals surface area (Å²) in [5.74, 6) is 1.49. The zero-order chi connectivity index (χ0) is 14.0. The Kier molecular flexibility index (Phi) is 4.53. The minimum atomic E-state index is -3.47. The Balaban J connectivity index is 2.25. The molecule has 19 heavy (non-hydrogen) atoms. The second-order valence-corrected chi connectivity index (χ2v) is 7.13. The second kappa shape index (κ2) is 5.81. The topological polar surface area (TPSA) is 55.2 Å². The van der Waals surface area contributed by atoms with Crippen LogP contribution in [0.4, 0.5) is 0 Å². The summed E-state index contributed by atoms with van der Waals surface area (Å²) in [6.07, 6.45) is 3.48. The number of rotatable bonds is 4. The van der Waals surface area contributed by atoms with E-state index in [4.69, 9.17) is 11.6 Å². The van der Waals surface area contributed by atoms with Gasteiger partial charge in [-0.15, -0.1) is 11.6 Å². The Morgan fingerprint density at radius 3 is 2.84 bits per heavy atom. The first-order valence-electron chi connectivity index (χ1n) is 6.59. The van der Waals surface area contributed by atoms with Crippen molar-refractivity contribution in [2.45, 2.75) is 38.3 Å². The van der Waals surface area contributed by atoms with Gasteiger partial charge in [-0.25, -0.2) is 13.4 Å². The van der Waals surface area contributed by atoms with E-state index in [1.165, 1.54) is 4.31 Å². The molecule has 0 amide bonds. The summed E-state index contributed by atoms with van der Waals surface area (Å²) < 4.78 is 28.4. The number of halogens is 1. The number of aromatic nitrogens is 2. The first-order valence-corrected chi connectivity index (χ1v) is 8.56. The maximum absolute atomic E-state index is 12.5. The van der Waals surface area contributed by atoms with Crippen LogP contribution in [-0.4, -0.2) is 41.2 Å². The minimum absolute atomic E-state index is 0.155. The van der Waals surface area contributed by atoms with Gasteiger partial charge < -0.3 is 4.57 Å². The third-order valence-electron chi connectivity index (χ3n) is 3.60. The van der Waals surface area contributed by atoms with E-state index in [1.807, 2.05) is 18.4 Å². The van der Waals surface area contributed by atoms with E-state index in [1.54, 1.807) is 6.20 Å². The highest BCUT2D eigenvalue weighted by molar-refractivity contribution is 7.89. The van der Waals surface area contributed by atoms with Gasteiger partial charge in [-0.1, -0.05) is 0 Å². The van der Waals surface area contributed by atoms with Crippen molar-refractivity contribution in [2.24, 2.45) is 5.92 Å². The Morgan fingerprint density at radius 2 is 2.26 bits per heavy atom. The van der Waals surface area contributed by atoms with E-state index < -0.39 is 10.0 Å². The number of hydrogen-bond acceptors (Lipinski definition) is 3. The smallest absolute Gasteiger partial charge is 0.262 e. The number of nitrogens with zero attached hydrogens (tertiary/aromatic N) is 3. The molecule has 0 saturated carbocycles. The fourth-order valence-electron chi connectivity index (χ4n) is 2.43. The van der Waals surface area contributed by atoms with Crippen LogP contribution in [0.2, 0.25) is 0 Å². The number of hydrogen-bond donors (Lipinski definition) is 0. The van der Waals surface area contributed by atoms with E-state index in [0.29, 0.717) is 19.0 Å². The summed E-state index contributed by atoms with van der Waals surface area (Å²) in [5, 5.41) is 0.155. The molecule has 1 saturated heterocycles. The van der Waals surface area contributed by atoms with Gasteiger partial charge in [0.15, 0.2) is 5.03 Å². The van der Waals surface area contributed by atoms with Crippen molar-refractivity contribution < 1.29 is 8.42 Å². The molecule has 1 aromatic rings. The van der Waals surface area contributed by atoms with Gasteiger partial charge in [0.2, 0.25) is 0 Å². The van der Waals surface area contributed by atoms with Crippen molar-refractivity contribution in [1.82, 2.24) is 13.9 Å². The van der Waals surface area contributed by atoms with Gasteiger partial charge in [-0.05, 0) is 32.6 Å². The minimum Gasteiger partial charge on any atom is -0.334 e. The zero-order valence-electron chi connectivity index (χ0n) is 11.3. The largest absolute Gasteiger partial charge is 0.334 e. The highest BCUT2D eigenvalue weighted by Crippen LogP contribution is 2.24. The average Bonchev–Trinajstić information content (AvgIpc) is 2.80. The summed E-state index contributed by atoms with van der Waals surface area (Å²) in [4.78, 5) is 4.18. The fraction of sp³-hybridized carbons (Fsp3) is 0.750. The lowest BCUT2D eigenvalue weighted by molar-refractivity contribution is 0.283. The van der Waals surface area contributed by atoms with Gasteiger partial charge in [-0.2, -0.15) is 4.31 Å². The molecule has 108 valence electrons. The van der Waals surface area contributed by atoms with Crippen LogP contribution >= 0.6 is 11.6 Å². The summed E-state index contributed by atoms with van der Waals surface area (Å²) in [6, 6.07) is 0. The van der Waals surface area contributed by atoms with Gasteiger partial charge in [0.1, 0.15) is 5.82 Å². The quantitative estimate of drug-likeness (QED) is 0.798. The van der Waals surface area contributed by atoms with Crippen molar-refractivity contribution >= 4 is 21.6 Å². The summed E-state index contributed by atoms with van der Waals surface area (Å²) in [5.41, 5.74) is 0. The molecule has 0 spiro atoms. The van der Waals surface area contributed by atoms with Crippen molar-refractivity contribution in [3.8, 4) is 0 Å². The molecule has 0 radical (unpaired) electrons. The van der Waals surface area contributed by atoms with Gasteiger partial charge in [0.25, 0.3) is 10.0 Å². The molecule has 7 heteroatoms. The molecule has 0 bridgehead atoms. The van der Waals surface area contributed by atoms with Crippen LogP contribution in [0.1, 0.15) is 25.6 Å². The highest BCUT2D eigenvalue weighted by atomic mass is 35.5. The third-order valence-corrected chi connectivity index (χ3v) is 5.77. The Hall–Kier alpha value is -0.590. The van der Waals surface area contributed by atoms with Gasteiger partial charge in [0.05, 0.1) is 0 Å². The predicted molar refractivity (Wildman–Crippen MR) is 74.8 cm³/mol. The van der Waals surface area contributed by atoms with Crippen molar-refractivity contribution in [2.75, 3.05) is 19.0 Å². The molecule has 1 aliphatic rings. The molecule has 1 aliphatic heterocycles. The van der Waals surface area contributed by atoms with E-state index in [0.717, 1.165) is 25.2 Å². The first-order chi connectivity index (χ1) is 8.98. The molecule has 2 rings (SSSR count). The van der Waals surface area contributed by atoms with E-state index >= 15 is 0 Å². The van der Waals surface area contributed by atoms with Crippen molar-refractivity contribution in [3.63, 3.8) is 0 Å². The summed E-state index contributed by atoms with van der Waals surface area (Å²) >= 11 is 5.85. The normalized spacial score (nSPS) is 21.7. The zero-order valence-corrected chi connectivity index (χ0v) is 12.9. The molecular formula is C12H20ClN3O2S. The number of sulfonamides is 1. The standard InChI is InChI=1S/C12H20ClN3O2S/c1-3-15-9-12(14-10(15)2)19(17,18)16-6-4-5-11(7-13)8-16/h9,11H,3-8H2,1-2H3. The second-order valence-electron chi connectivity index (χ2n) is 4.94. The Labute approximate surface area is 119 Å². The molecule has 1 atom stereocenters. The van der Waals surface area contributed by atoms with Crippen LogP contribution in [0.15, 0.2) is 11.2 Å². The molecule has 1 aromatic heterocycles. The molecule has 1 unspecified atom stereocenters. The van der Waals surface area contributed by atoms with Gasteiger partial charge >= 0.3 is 0 Å². The van der Waals surface area contributed by atoms with Crippen LogP contribution in [0.25, 0.3) is 0 Å². The molecule has 0 aliphatic carbocycles. The number of aryl methyl sites for hydroxylation is 2. The number of alkyl halides is 1. The lowest BCUT2D eigenvalue weighted by Crippen LogP contribution is -2.40. The van der Waals surface area contributed by atoms with Crippen molar-refractivity contribution in [3.05, 3.63) is 12.0 Å². The van der Waals surface area contributed by atoms with Crippen LogP contribution < -0.4 is 0 Å². The van der Waals surface area contributed by atoms with Gasteiger partial charge in [0, 0.05) is 31.7 Å². The van der Waals surface area contributed by atoms with E-state index in [9.17, 15) is 8.42 Å². The lowest BCUT2D eigenvalue weighted by atomic mass is 10.0.